The summed E-state index contributed by atoms with van der Waals surface area (Å²) in [6, 6.07) is 0.705. The number of urea groups is 1. The largest absolute Gasteiger partial charge is 0.463 e. The molecule has 2 aromatic rings. The lowest BCUT2D eigenvalue weighted by atomic mass is 10.0. The highest BCUT2D eigenvalue weighted by atomic mass is 16.5. The lowest BCUT2D eigenvalue weighted by Crippen LogP contribution is -2.50. The second-order valence-corrected chi connectivity index (χ2v) is 6.20. The van der Waals surface area contributed by atoms with E-state index in [4.69, 9.17) is 9.47 Å². The average Bonchev–Trinajstić information content (AvgIpc) is 3.03. The van der Waals surface area contributed by atoms with Crippen molar-refractivity contribution in [2.75, 3.05) is 13.2 Å². The van der Waals surface area contributed by atoms with E-state index >= 15 is 0 Å². The Morgan fingerprint density at radius 2 is 1.96 bits per heavy atom. The molecule has 148 valence electrons. The van der Waals surface area contributed by atoms with Crippen molar-refractivity contribution in [2.24, 2.45) is 0 Å². The van der Waals surface area contributed by atoms with E-state index in [0.717, 1.165) is 11.4 Å². The molecular weight excluding hydrogens is 368 g/mol. The first-order valence-corrected chi connectivity index (χ1v) is 8.66. The van der Waals surface area contributed by atoms with Crippen molar-refractivity contribution in [1.29, 1.82) is 0 Å². The van der Waals surface area contributed by atoms with Gasteiger partial charge in [-0.3, -0.25) is 0 Å². The number of carbonyl (C=O) groups is 3. The van der Waals surface area contributed by atoms with Crippen LogP contribution in [0.5, 0.6) is 0 Å². The van der Waals surface area contributed by atoms with Gasteiger partial charge in [0, 0.05) is 11.4 Å². The van der Waals surface area contributed by atoms with Gasteiger partial charge in [0.2, 0.25) is 0 Å². The molecule has 0 saturated carbocycles. The Morgan fingerprint density at radius 3 is 2.68 bits per heavy atom. The molecule has 1 aliphatic heterocycles. The van der Waals surface area contributed by atoms with Crippen LogP contribution >= 0.6 is 0 Å². The lowest BCUT2D eigenvalue weighted by molar-refractivity contribution is -0.139. The number of hydrogen-bond acceptors (Lipinski definition) is 8. The van der Waals surface area contributed by atoms with Crippen LogP contribution < -0.4 is 10.6 Å². The highest BCUT2D eigenvalue weighted by molar-refractivity contribution is 5.95. The molecule has 1 atom stereocenters. The number of ether oxygens (including phenoxy) is 2. The summed E-state index contributed by atoms with van der Waals surface area (Å²) in [5.41, 5.74) is 1.84. The second kappa shape index (κ2) is 7.62. The van der Waals surface area contributed by atoms with Crippen molar-refractivity contribution in [3.8, 4) is 0 Å². The first-order chi connectivity index (χ1) is 13.3. The van der Waals surface area contributed by atoms with E-state index < -0.39 is 24.0 Å². The number of amides is 2. The summed E-state index contributed by atoms with van der Waals surface area (Å²) in [6.07, 6.45) is 0. The van der Waals surface area contributed by atoms with Gasteiger partial charge in [0.15, 0.2) is 0 Å². The predicted molar refractivity (Wildman–Crippen MR) is 95.3 cm³/mol. The molecule has 0 bridgehead atoms. The van der Waals surface area contributed by atoms with E-state index in [1.165, 1.54) is 4.52 Å². The molecule has 11 heteroatoms. The van der Waals surface area contributed by atoms with E-state index in [9.17, 15) is 14.4 Å². The fraction of sp³-hybridized carbons (Fsp3) is 0.412. The van der Waals surface area contributed by atoms with E-state index in [1.54, 1.807) is 19.9 Å². The molecule has 2 aromatic heterocycles. The SMILES string of the molecule is CCOC(=O)C1=C(COC(=O)c2nc3nc(C)cc(C)n3n2)NC(=O)N[C@H]1C. The lowest BCUT2D eigenvalue weighted by Gasteiger charge is -2.26. The Bertz CT molecular complexity index is 995. The standard InChI is InChI=1S/C17H20N6O5/c1-5-27-14(24)12-10(4)19-17(26)20-11(12)7-28-15(25)13-21-16-18-8(2)6-9(3)23(16)22-13/h6,10H,5,7H2,1-4H3,(H2,19,20,26)/t10-/m0/s1. The fourth-order valence-corrected chi connectivity index (χ4v) is 2.85. The summed E-state index contributed by atoms with van der Waals surface area (Å²) in [5, 5.41) is 9.13. The number of aromatic nitrogens is 4. The zero-order valence-electron chi connectivity index (χ0n) is 15.9. The van der Waals surface area contributed by atoms with Gasteiger partial charge < -0.3 is 20.1 Å². The van der Waals surface area contributed by atoms with Gasteiger partial charge >= 0.3 is 18.0 Å². The van der Waals surface area contributed by atoms with Crippen LogP contribution in [0.25, 0.3) is 5.78 Å². The Kier molecular flexibility index (Phi) is 5.25. The molecule has 2 N–H and O–H groups in total. The van der Waals surface area contributed by atoms with Gasteiger partial charge in [-0.05, 0) is 33.8 Å². The number of nitrogens with zero attached hydrogens (tertiary/aromatic N) is 4. The molecule has 0 fully saturated rings. The highest BCUT2D eigenvalue weighted by Gasteiger charge is 2.30. The second-order valence-electron chi connectivity index (χ2n) is 6.20. The molecule has 0 radical (unpaired) electrons. The molecule has 1 aliphatic rings. The molecule has 0 spiro atoms. The predicted octanol–water partition coefficient (Wildman–Crippen LogP) is 0.416. The van der Waals surface area contributed by atoms with Crippen LogP contribution in [0.4, 0.5) is 4.79 Å². The maximum atomic E-state index is 12.4. The smallest absolute Gasteiger partial charge is 0.378 e. The number of esters is 2. The minimum Gasteiger partial charge on any atom is -0.463 e. The van der Waals surface area contributed by atoms with Crippen molar-refractivity contribution < 1.29 is 23.9 Å². The zero-order valence-corrected chi connectivity index (χ0v) is 15.9. The van der Waals surface area contributed by atoms with Crippen molar-refractivity contribution in [3.05, 3.63) is 34.5 Å². The van der Waals surface area contributed by atoms with Crippen LogP contribution in [0.3, 0.4) is 0 Å². The first-order valence-electron chi connectivity index (χ1n) is 8.66. The molecule has 0 aromatic carbocycles. The average molecular weight is 388 g/mol. The van der Waals surface area contributed by atoms with Crippen LogP contribution in [0.1, 0.15) is 35.9 Å². The molecule has 0 aliphatic carbocycles. The van der Waals surface area contributed by atoms with Crippen molar-refractivity contribution in [1.82, 2.24) is 30.2 Å². The minimum atomic E-state index is -0.807. The maximum absolute atomic E-state index is 12.4. The third kappa shape index (κ3) is 3.77. The summed E-state index contributed by atoms with van der Waals surface area (Å²) in [5.74, 6) is -1.30. The van der Waals surface area contributed by atoms with E-state index in [0.29, 0.717) is 0 Å². The topological polar surface area (TPSA) is 137 Å². The van der Waals surface area contributed by atoms with Gasteiger partial charge in [0.25, 0.3) is 11.6 Å². The number of aryl methyl sites for hydroxylation is 2. The number of rotatable bonds is 5. The van der Waals surface area contributed by atoms with Gasteiger partial charge in [-0.2, -0.15) is 4.98 Å². The van der Waals surface area contributed by atoms with Crippen molar-refractivity contribution >= 4 is 23.7 Å². The molecule has 2 amide bonds. The Morgan fingerprint density at radius 1 is 1.21 bits per heavy atom. The quantitative estimate of drug-likeness (QED) is 0.703. The van der Waals surface area contributed by atoms with Crippen LogP contribution in [-0.4, -0.2) is 56.8 Å². The monoisotopic (exact) mass is 388 g/mol. The first kappa shape index (κ1) is 19.3. The van der Waals surface area contributed by atoms with Crippen LogP contribution in [0.2, 0.25) is 0 Å². The highest BCUT2D eigenvalue weighted by Crippen LogP contribution is 2.15. The summed E-state index contributed by atoms with van der Waals surface area (Å²) >= 11 is 0. The van der Waals surface area contributed by atoms with Crippen LogP contribution in [0.15, 0.2) is 17.3 Å². The summed E-state index contributed by atoms with van der Waals surface area (Å²) in [6.45, 7) is 6.76. The van der Waals surface area contributed by atoms with Crippen LogP contribution in [-0.2, 0) is 14.3 Å². The van der Waals surface area contributed by atoms with Crippen molar-refractivity contribution in [3.63, 3.8) is 0 Å². The molecule has 0 unspecified atom stereocenters. The molecule has 11 nitrogen and oxygen atoms in total. The third-order valence-corrected chi connectivity index (χ3v) is 4.01. The summed E-state index contributed by atoms with van der Waals surface area (Å²) < 4.78 is 11.6. The van der Waals surface area contributed by atoms with Crippen LogP contribution in [0, 0.1) is 13.8 Å². The van der Waals surface area contributed by atoms with Gasteiger partial charge in [0.1, 0.15) is 6.61 Å². The van der Waals surface area contributed by atoms with E-state index in [1.807, 2.05) is 13.8 Å². The summed E-state index contributed by atoms with van der Waals surface area (Å²) in [7, 11) is 0. The maximum Gasteiger partial charge on any atom is 0.378 e. The van der Waals surface area contributed by atoms with Gasteiger partial charge in [-0.15, -0.1) is 5.10 Å². The number of nitrogens with one attached hydrogen (secondary N) is 2. The van der Waals surface area contributed by atoms with E-state index in [-0.39, 0.29) is 36.1 Å². The number of hydrogen-bond donors (Lipinski definition) is 2. The Hall–Kier alpha value is -3.50. The Labute approximate surface area is 160 Å². The van der Waals surface area contributed by atoms with E-state index in [2.05, 4.69) is 25.7 Å². The molecule has 0 saturated heterocycles. The minimum absolute atomic E-state index is 0.150. The molecule has 3 rings (SSSR count). The normalized spacial score (nSPS) is 16.6. The molecule has 3 heterocycles. The zero-order chi connectivity index (χ0) is 20.4. The van der Waals surface area contributed by atoms with Crippen molar-refractivity contribution in [2.45, 2.75) is 33.7 Å². The fourth-order valence-electron chi connectivity index (χ4n) is 2.85. The van der Waals surface area contributed by atoms with Gasteiger partial charge in [0.05, 0.1) is 23.9 Å². The van der Waals surface area contributed by atoms with Gasteiger partial charge in [-0.1, -0.05) is 0 Å². The van der Waals surface area contributed by atoms with Gasteiger partial charge in [-0.25, -0.2) is 23.9 Å². The molecular formula is C17H20N6O5. The molecule has 28 heavy (non-hydrogen) atoms. The Balaban J connectivity index is 1.81. The third-order valence-electron chi connectivity index (χ3n) is 4.01. The number of fused-ring (bicyclic) bond motifs is 1. The summed E-state index contributed by atoms with van der Waals surface area (Å²) in [4.78, 5) is 44.5. The number of carbonyl (C=O) groups excluding carboxylic acids is 3.